The molecule has 0 fully saturated rings. The second-order valence-electron chi connectivity index (χ2n) is 5.06. The predicted molar refractivity (Wildman–Crippen MR) is 72.1 cm³/mol. The van der Waals surface area contributed by atoms with E-state index >= 15 is 0 Å². The number of hydrogen-bond donors (Lipinski definition) is 2. The minimum Gasteiger partial charge on any atom is -0.386 e. The summed E-state index contributed by atoms with van der Waals surface area (Å²) in [7, 11) is 3.53. The summed E-state index contributed by atoms with van der Waals surface area (Å²) in [5.41, 5.74) is 0.217. The fourth-order valence-corrected chi connectivity index (χ4v) is 1.64. The van der Waals surface area contributed by atoms with E-state index in [0.29, 0.717) is 0 Å². The average molecular weight is 286 g/mol. The molecular weight excluding hydrogens is 266 g/mol. The first-order valence-electron chi connectivity index (χ1n) is 6.34. The molecule has 20 heavy (non-hydrogen) atoms. The molecule has 2 N–H and O–H groups in total. The maximum atomic E-state index is 13.1. The highest BCUT2D eigenvalue weighted by atomic mass is 19.2. The molecule has 3 atom stereocenters. The fourth-order valence-electron chi connectivity index (χ4n) is 1.64. The molecule has 1 aromatic rings. The van der Waals surface area contributed by atoms with Crippen LogP contribution in [0, 0.1) is 11.6 Å². The van der Waals surface area contributed by atoms with Crippen molar-refractivity contribution in [1.82, 2.24) is 10.2 Å². The van der Waals surface area contributed by atoms with E-state index < -0.39 is 23.8 Å². The van der Waals surface area contributed by atoms with Gasteiger partial charge in [-0.1, -0.05) is 6.07 Å². The standard InChI is InChI=1S/C14H20F2N2O2/c1-8(17-14(20)9(2)18(3)4)13(19)10-5-6-11(15)12(16)7-10/h5-9,13,19H,1-4H3,(H,17,20)/t8?,9-,13?/m0/s1. The van der Waals surface area contributed by atoms with Crippen molar-refractivity contribution in [3.05, 3.63) is 35.4 Å². The molecule has 0 radical (unpaired) electrons. The van der Waals surface area contributed by atoms with E-state index in [4.69, 9.17) is 0 Å². The van der Waals surface area contributed by atoms with E-state index in [1.165, 1.54) is 6.07 Å². The van der Waals surface area contributed by atoms with E-state index in [0.717, 1.165) is 12.1 Å². The summed E-state index contributed by atoms with van der Waals surface area (Å²) in [5, 5.41) is 12.7. The number of carbonyl (C=O) groups excluding carboxylic acids is 1. The first-order valence-corrected chi connectivity index (χ1v) is 6.34. The van der Waals surface area contributed by atoms with Gasteiger partial charge in [-0.25, -0.2) is 8.78 Å². The van der Waals surface area contributed by atoms with E-state index in [1.54, 1.807) is 32.8 Å². The second kappa shape index (κ2) is 6.76. The van der Waals surface area contributed by atoms with Crippen molar-refractivity contribution in [2.75, 3.05) is 14.1 Å². The van der Waals surface area contributed by atoms with Crippen molar-refractivity contribution < 1.29 is 18.7 Å². The number of amides is 1. The van der Waals surface area contributed by atoms with Crippen LogP contribution in [0.15, 0.2) is 18.2 Å². The highest BCUT2D eigenvalue weighted by Gasteiger charge is 2.22. The lowest BCUT2D eigenvalue weighted by molar-refractivity contribution is -0.126. The van der Waals surface area contributed by atoms with Crippen LogP contribution < -0.4 is 5.32 Å². The normalized spacial score (nSPS) is 15.8. The van der Waals surface area contributed by atoms with Crippen LogP contribution in [0.5, 0.6) is 0 Å². The predicted octanol–water partition coefficient (Wildman–Crippen LogP) is 1.45. The summed E-state index contributed by atoms with van der Waals surface area (Å²) in [6.07, 6.45) is -1.11. The molecule has 0 aliphatic carbocycles. The lowest BCUT2D eigenvalue weighted by Gasteiger charge is -2.25. The van der Waals surface area contributed by atoms with Gasteiger partial charge in [0.1, 0.15) is 0 Å². The lowest BCUT2D eigenvalue weighted by atomic mass is 10.0. The van der Waals surface area contributed by atoms with Crippen molar-refractivity contribution in [3.8, 4) is 0 Å². The average Bonchev–Trinajstić information content (AvgIpc) is 2.39. The number of halogens is 2. The Morgan fingerprint density at radius 3 is 2.35 bits per heavy atom. The van der Waals surface area contributed by atoms with Crippen LogP contribution >= 0.6 is 0 Å². The van der Waals surface area contributed by atoms with Gasteiger partial charge in [-0.15, -0.1) is 0 Å². The Bertz CT molecular complexity index is 480. The molecule has 2 unspecified atom stereocenters. The molecule has 1 amide bonds. The number of aliphatic hydroxyl groups is 1. The summed E-state index contributed by atoms with van der Waals surface area (Å²) in [4.78, 5) is 13.6. The van der Waals surface area contributed by atoms with Crippen LogP contribution in [0.1, 0.15) is 25.5 Å². The van der Waals surface area contributed by atoms with Gasteiger partial charge in [0.05, 0.1) is 18.2 Å². The molecule has 0 heterocycles. The van der Waals surface area contributed by atoms with Gasteiger partial charge in [-0.3, -0.25) is 9.69 Å². The quantitative estimate of drug-likeness (QED) is 0.861. The van der Waals surface area contributed by atoms with Crippen LogP contribution in [-0.4, -0.2) is 42.1 Å². The van der Waals surface area contributed by atoms with Gasteiger partial charge in [0.25, 0.3) is 0 Å². The molecule has 1 rings (SSSR count). The Balaban J connectivity index is 2.74. The molecule has 0 saturated carbocycles. The number of aliphatic hydroxyl groups excluding tert-OH is 1. The summed E-state index contributed by atoms with van der Waals surface area (Å²) in [6.45, 7) is 3.33. The maximum absolute atomic E-state index is 13.1. The summed E-state index contributed by atoms with van der Waals surface area (Å²) >= 11 is 0. The van der Waals surface area contributed by atoms with E-state index in [2.05, 4.69) is 5.32 Å². The molecule has 1 aromatic carbocycles. The number of nitrogens with zero attached hydrogens (tertiary/aromatic N) is 1. The number of hydrogen-bond acceptors (Lipinski definition) is 3. The zero-order valence-corrected chi connectivity index (χ0v) is 12.0. The zero-order valence-electron chi connectivity index (χ0n) is 12.0. The minimum atomic E-state index is -1.11. The Labute approximate surface area is 117 Å². The van der Waals surface area contributed by atoms with Crippen LogP contribution in [-0.2, 0) is 4.79 Å². The molecule has 4 nitrogen and oxygen atoms in total. The molecule has 6 heteroatoms. The SMILES string of the molecule is CC(NC(=O)[C@H](C)N(C)C)C(O)c1ccc(F)c(F)c1. The minimum absolute atomic E-state index is 0.217. The van der Waals surface area contributed by atoms with Crippen LogP contribution in [0.2, 0.25) is 0 Å². The Morgan fingerprint density at radius 1 is 1.25 bits per heavy atom. The number of rotatable bonds is 5. The smallest absolute Gasteiger partial charge is 0.237 e. The van der Waals surface area contributed by atoms with Crippen molar-refractivity contribution in [2.45, 2.75) is 32.0 Å². The molecule has 0 spiro atoms. The third kappa shape index (κ3) is 3.98. The molecule has 0 bridgehead atoms. The topological polar surface area (TPSA) is 52.6 Å². The van der Waals surface area contributed by atoms with Crippen molar-refractivity contribution >= 4 is 5.91 Å². The lowest BCUT2D eigenvalue weighted by Crippen LogP contribution is -2.46. The number of benzene rings is 1. The monoisotopic (exact) mass is 286 g/mol. The Kier molecular flexibility index (Phi) is 5.59. The van der Waals surface area contributed by atoms with Crippen molar-refractivity contribution in [2.24, 2.45) is 0 Å². The number of nitrogens with one attached hydrogen (secondary N) is 1. The first kappa shape index (κ1) is 16.5. The van der Waals surface area contributed by atoms with Gasteiger partial charge >= 0.3 is 0 Å². The van der Waals surface area contributed by atoms with Crippen LogP contribution in [0.4, 0.5) is 8.78 Å². The molecule has 0 aromatic heterocycles. The highest BCUT2D eigenvalue weighted by Crippen LogP contribution is 2.19. The fraction of sp³-hybridized carbons (Fsp3) is 0.500. The zero-order chi connectivity index (χ0) is 15.4. The molecule has 0 aliphatic rings. The third-order valence-electron chi connectivity index (χ3n) is 3.28. The molecular formula is C14H20F2N2O2. The van der Waals surface area contributed by atoms with Crippen LogP contribution in [0.3, 0.4) is 0 Å². The van der Waals surface area contributed by atoms with Gasteiger partial charge in [0, 0.05) is 0 Å². The van der Waals surface area contributed by atoms with Crippen LogP contribution in [0.25, 0.3) is 0 Å². The number of carbonyl (C=O) groups is 1. The highest BCUT2D eigenvalue weighted by molar-refractivity contribution is 5.81. The molecule has 112 valence electrons. The van der Waals surface area contributed by atoms with Gasteiger partial charge < -0.3 is 10.4 Å². The maximum Gasteiger partial charge on any atom is 0.237 e. The Morgan fingerprint density at radius 2 is 1.85 bits per heavy atom. The second-order valence-corrected chi connectivity index (χ2v) is 5.06. The van der Waals surface area contributed by atoms with E-state index in [-0.39, 0.29) is 17.5 Å². The van der Waals surface area contributed by atoms with Crippen molar-refractivity contribution in [3.63, 3.8) is 0 Å². The van der Waals surface area contributed by atoms with Gasteiger partial charge in [-0.2, -0.15) is 0 Å². The van der Waals surface area contributed by atoms with E-state index in [1.807, 2.05) is 0 Å². The molecule has 0 saturated heterocycles. The summed E-state index contributed by atoms with van der Waals surface area (Å²) < 4.78 is 26.0. The summed E-state index contributed by atoms with van der Waals surface area (Å²) in [6, 6.07) is 2.20. The van der Waals surface area contributed by atoms with Gasteiger partial charge in [-0.05, 0) is 45.6 Å². The largest absolute Gasteiger partial charge is 0.386 e. The van der Waals surface area contributed by atoms with Gasteiger partial charge in [0.15, 0.2) is 11.6 Å². The van der Waals surface area contributed by atoms with E-state index in [9.17, 15) is 18.7 Å². The van der Waals surface area contributed by atoms with Gasteiger partial charge in [0.2, 0.25) is 5.91 Å². The first-order chi connectivity index (χ1) is 9.23. The summed E-state index contributed by atoms with van der Waals surface area (Å²) in [5.74, 6) is -2.25. The van der Waals surface area contributed by atoms with Crippen molar-refractivity contribution in [1.29, 1.82) is 0 Å². The number of likely N-dealkylation sites (N-methyl/N-ethyl adjacent to an activating group) is 1. The Hall–Kier alpha value is -1.53. The molecule has 0 aliphatic heterocycles. The third-order valence-corrected chi connectivity index (χ3v) is 3.28.